The molecule has 124 valence electrons. The molecule has 5 nitrogen and oxygen atoms in total. The van der Waals surface area contributed by atoms with Gasteiger partial charge in [-0.1, -0.05) is 25.0 Å². The minimum atomic E-state index is 0. The maximum Gasteiger partial charge on any atom is 0.191 e. The topological polar surface area (TPSA) is 59.4 Å². The number of aromatic nitrogens is 2. The molecule has 0 atom stereocenters. The molecule has 1 aliphatic heterocycles. The van der Waals surface area contributed by atoms with Crippen LogP contribution in [0.15, 0.2) is 47.7 Å². The Kier molecular flexibility index (Phi) is 6.88. The smallest absolute Gasteiger partial charge is 0.191 e. The SMILES string of the molecule is I.NC(=NCc1ccc(-n2cccn2)cc1)N1CCCCCC1. The highest BCUT2D eigenvalue weighted by Crippen LogP contribution is 2.11. The van der Waals surface area contributed by atoms with E-state index in [0.717, 1.165) is 24.3 Å². The van der Waals surface area contributed by atoms with Crippen LogP contribution in [0.2, 0.25) is 0 Å². The van der Waals surface area contributed by atoms with Gasteiger partial charge in [-0.3, -0.25) is 0 Å². The Hall–Kier alpha value is -1.57. The van der Waals surface area contributed by atoms with Gasteiger partial charge in [-0.2, -0.15) is 5.10 Å². The molecule has 6 heteroatoms. The number of guanidine groups is 1. The normalized spacial score (nSPS) is 15.8. The second-order valence-corrected chi connectivity index (χ2v) is 5.69. The number of hydrogen-bond donors (Lipinski definition) is 1. The fourth-order valence-corrected chi connectivity index (χ4v) is 2.75. The van der Waals surface area contributed by atoms with Crippen molar-refractivity contribution in [2.75, 3.05) is 13.1 Å². The fraction of sp³-hybridized carbons (Fsp3) is 0.412. The maximum atomic E-state index is 6.13. The Morgan fingerprint density at radius 1 is 1.09 bits per heavy atom. The molecule has 0 spiro atoms. The van der Waals surface area contributed by atoms with Gasteiger partial charge in [0, 0.05) is 25.5 Å². The van der Waals surface area contributed by atoms with E-state index in [9.17, 15) is 0 Å². The third kappa shape index (κ3) is 4.95. The van der Waals surface area contributed by atoms with E-state index in [-0.39, 0.29) is 24.0 Å². The molecule has 1 aromatic heterocycles. The summed E-state index contributed by atoms with van der Waals surface area (Å²) in [5.74, 6) is 0.679. The first kappa shape index (κ1) is 17.8. The lowest BCUT2D eigenvalue weighted by atomic mass is 10.2. The summed E-state index contributed by atoms with van der Waals surface area (Å²) in [6.45, 7) is 2.70. The summed E-state index contributed by atoms with van der Waals surface area (Å²) >= 11 is 0. The standard InChI is InChI=1S/C17H23N5.HI/c18-17(21-11-3-1-2-4-12-21)19-14-15-6-8-16(9-7-15)22-13-5-10-20-22;/h5-10,13H,1-4,11-12,14H2,(H2,18,19);1H. The van der Waals surface area contributed by atoms with Crippen LogP contribution in [0.25, 0.3) is 5.69 Å². The number of nitrogens with zero attached hydrogens (tertiary/aromatic N) is 4. The first-order chi connectivity index (χ1) is 10.8. The fourth-order valence-electron chi connectivity index (χ4n) is 2.75. The van der Waals surface area contributed by atoms with Crippen molar-refractivity contribution in [2.24, 2.45) is 10.7 Å². The monoisotopic (exact) mass is 425 g/mol. The summed E-state index contributed by atoms with van der Waals surface area (Å²) in [4.78, 5) is 6.76. The lowest BCUT2D eigenvalue weighted by Gasteiger charge is -2.21. The average molecular weight is 425 g/mol. The molecule has 0 saturated carbocycles. The quantitative estimate of drug-likeness (QED) is 0.467. The van der Waals surface area contributed by atoms with Crippen molar-refractivity contribution in [1.29, 1.82) is 0 Å². The van der Waals surface area contributed by atoms with E-state index in [1.165, 1.54) is 25.7 Å². The molecule has 2 N–H and O–H groups in total. The molecule has 0 bridgehead atoms. The van der Waals surface area contributed by atoms with E-state index in [2.05, 4.69) is 39.3 Å². The molecule has 3 rings (SSSR count). The largest absolute Gasteiger partial charge is 0.370 e. The Morgan fingerprint density at radius 3 is 2.39 bits per heavy atom. The van der Waals surface area contributed by atoms with Gasteiger partial charge in [-0.05, 0) is 36.6 Å². The maximum absolute atomic E-state index is 6.13. The first-order valence-corrected chi connectivity index (χ1v) is 7.97. The van der Waals surface area contributed by atoms with Crippen molar-refractivity contribution < 1.29 is 0 Å². The Morgan fingerprint density at radius 2 is 1.78 bits per heavy atom. The zero-order valence-electron chi connectivity index (χ0n) is 13.3. The molecular weight excluding hydrogens is 401 g/mol. The first-order valence-electron chi connectivity index (χ1n) is 7.97. The van der Waals surface area contributed by atoms with Crippen LogP contribution in [0.5, 0.6) is 0 Å². The predicted molar refractivity (Wildman–Crippen MR) is 104 cm³/mol. The number of likely N-dealkylation sites (tertiary alicyclic amines) is 1. The number of rotatable bonds is 3. The number of aliphatic imine (C=N–C) groups is 1. The third-order valence-corrected chi connectivity index (χ3v) is 4.06. The Balaban J connectivity index is 0.00000192. The Labute approximate surface area is 154 Å². The minimum Gasteiger partial charge on any atom is -0.370 e. The predicted octanol–water partition coefficient (Wildman–Crippen LogP) is 3.18. The lowest BCUT2D eigenvalue weighted by molar-refractivity contribution is 0.428. The zero-order chi connectivity index (χ0) is 15.2. The van der Waals surface area contributed by atoms with Gasteiger partial charge < -0.3 is 10.6 Å². The van der Waals surface area contributed by atoms with Crippen LogP contribution in [0.1, 0.15) is 31.2 Å². The van der Waals surface area contributed by atoms with Gasteiger partial charge in [-0.25, -0.2) is 9.67 Å². The molecule has 23 heavy (non-hydrogen) atoms. The van der Waals surface area contributed by atoms with Crippen LogP contribution in [0, 0.1) is 0 Å². The Bertz CT molecular complexity index is 598. The molecule has 0 aliphatic carbocycles. The van der Waals surface area contributed by atoms with Crippen molar-refractivity contribution >= 4 is 29.9 Å². The van der Waals surface area contributed by atoms with Gasteiger partial charge in [0.05, 0.1) is 12.2 Å². The average Bonchev–Trinajstić information content (AvgIpc) is 2.95. The van der Waals surface area contributed by atoms with Gasteiger partial charge in [0.25, 0.3) is 0 Å². The van der Waals surface area contributed by atoms with Gasteiger partial charge in [-0.15, -0.1) is 24.0 Å². The highest BCUT2D eigenvalue weighted by molar-refractivity contribution is 14.0. The molecule has 2 aromatic rings. The molecule has 0 unspecified atom stereocenters. The highest BCUT2D eigenvalue weighted by Gasteiger charge is 2.10. The van der Waals surface area contributed by atoms with Gasteiger partial charge >= 0.3 is 0 Å². The molecule has 1 fully saturated rings. The van der Waals surface area contributed by atoms with Crippen LogP contribution < -0.4 is 5.73 Å². The summed E-state index contributed by atoms with van der Waals surface area (Å²) in [5, 5.41) is 4.22. The van der Waals surface area contributed by atoms with Crippen LogP contribution in [0.3, 0.4) is 0 Å². The molecule has 1 aromatic carbocycles. The van der Waals surface area contributed by atoms with Gasteiger partial charge in [0.15, 0.2) is 5.96 Å². The van der Waals surface area contributed by atoms with Crippen LogP contribution >= 0.6 is 24.0 Å². The minimum absolute atomic E-state index is 0. The summed E-state index contributed by atoms with van der Waals surface area (Å²) in [6.07, 6.45) is 8.76. The number of nitrogens with two attached hydrogens (primary N) is 1. The lowest BCUT2D eigenvalue weighted by Crippen LogP contribution is -2.38. The molecule has 0 amide bonds. The van der Waals surface area contributed by atoms with E-state index in [1.807, 2.05) is 16.9 Å². The van der Waals surface area contributed by atoms with E-state index in [4.69, 9.17) is 5.73 Å². The molecular formula is C17H24IN5. The van der Waals surface area contributed by atoms with Crippen LogP contribution in [0.4, 0.5) is 0 Å². The van der Waals surface area contributed by atoms with E-state index in [1.54, 1.807) is 6.20 Å². The van der Waals surface area contributed by atoms with Crippen LogP contribution in [-0.2, 0) is 6.54 Å². The van der Waals surface area contributed by atoms with Crippen LogP contribution in [-0.4, -0.2) is 33.7 Å². The van der Waals surface area contributed by atoms with E-state index < -0.39 is 0 Å². The number of halogens is 1. The summed E-state index contributed by atoms with van der Waals surface area (Å²) in [7, 11) is 0. The van der Waals surface area contributed by atoms with Crippen molar-refractivity contribution in [3.63, 3.8) is 0 Å². The van der Waals surface area contributed by atoms with Crippen molar-refractivity contribution in [3.05, 3.63) is 48.3 Å². The van der Waals surface area contributed by atoms with E-state index >= 15 is 0 Å². The van der Waals surface area contributed by atoms with Crippen molar-refractivity contribution in [2.45, 2.75) is 32.2 Å². The number of hydrogen-bond acceptors (Lipinski definition) is 2. The highest BCUT2D eigenvalue weighted by atomic mass is 127. The second-order valence-electron chi connectivity index (χ2n) is 5.69. The van der Waals surface area contributed by atoms with E-state index in [0.29, 0.717) is 12.5 Å². The van der Waals surface area contributed by atoms with Gasteiger partial charge in [0.1, 0.15) is 0 Å². The summed E-state index contributed by atoms with van der Waals surface area (Å²) in [5.41, 5.74) is 8.35. The molecule has 2 heterocycles. The van der Waals surface area contributed by atoms with Crippen molar-refractivity contribution in [1.82, 2.24) is 14.7 Å². The van der Waals surface area contributed by atoms with Crippen molar-refractivity contribution in [3.8, 4) is 5.69 Å². The number of benzene rings is 1. The molecule has 0 radical (unpaired) electrons. The third-order valence-electron chi connectivity index (χ3n) is 4.06. The summed E-state index contributed by atoms with van der Waals surface area (Å²) in [6, 6.07) is 10.2. The summed E-state index contributed by atoms with van der Waals surface area (Å²) < 4.78 is 1.85. The van der Waals surface area contributed by atoms with Gasteiger partial charge in [0.2, 0.25) is 0 Å². The molecule has 1 aliphatic rings. The second kappa shape index (κ2) is 8.90. The molecule has 1 saturated heterocycles. The zero-order valence-corrected chi connectivity index (χ0v) is 15.6.